The Balaban J connectivity index is 1.27. The Labute approximate surface area is 212 Å². The second-order valence-corrected chi connectivity index (χ2v) is 8.88. The monoisotopic (exact) mass is 518 g/mol. The highest BCUT2D eigenvalue weighted by Gasteiger charge is 2.24. The number of anilines is 2. The van der Waals surface area contributed by atoms with Gasteiger partial charge in [0.05, 0.1) is 22.5 Å². The molecule has 1 aliphatic heterocycles. The van der Waals surface area contributed by atoms with E-state index < -0.39 is 0 Å². The molecule has 0 bridgehead atoms. The van der Waals surface area contributed by atoms with Gasteiger partial charge in [0.15, 0.2) is 6.61 Å². The highest BCUT2D eigenvalue weighted by atomic mass is 35.5. The fourth-order valence-corrected chi connectivity index (χ4v) is 4.11. The van der Waals surface area contributed by atoms with Crippen molar-refractivity contribution in [3.8, 4) is 5.75 Å². The van der Waals surface area contributed by atoms with Crippen molar-refractivity contribution in [1.82, 2.24) is 9.88 Å². The number of hydrogen-bond donors (Lipinski definition) is 1. The van der Waals surface area contributed by atoms with Crippen LogP contribution in [0, 0.1) is 0 Å². The van der Waals surface area contributed by atoms with Crippen LogP contribution in [0.4, 0.5) is 11.5 Å². The Morgan fingerprint density at radius 1 is 0.912 bits per heavy atom. The number of halogens is 3. The topological polar surface area (TPSA) is 74.8 Å². The number of pyridine rings is 1. The zero-order chi connectivity index (χ0) is 24.1. The first-order valence-corrected chi connectivity index (χ1v) is 11.7. The molecule has 0 saturated carbocycles. The van der Waals surface area contributed by atoms with Gasteiger partial charge in [-0.1, -0.05) is 34.8 Å². The van der Waals surface area contributed by atoms with Crippen molar-refractivity contribution in [2.24, 2.45) is 0 Å². The van der Waals surface area contributed by atoms with Crippen molar-refractivity contribution >= 4 is 58.1 Å². The Morgan fingerprint density at radius 2 is 1.62 bits per heavy atom. The zero-order valence-corrected chi connectivity index (χ0v) is 20.3. The summed E-state index contributed by atoms with van der Waals surface area (Å²) in [7, 11) is 0. The molecule has 1 N–H and O–H groups in total. The molecule has 34 heavy (non-hydrogen) atoms. The van der Waals surface area contributed by atoms with Crippen molar-refractivity contribution in [3.63, 3.8) is 0 Å². The lowest BCUT2D eigenvalue weighted by molar-refractivity contribution is -0.118. The SMILES string of the molecule is O=C(COc1ccc(Cl)cc1)Nc1ccc(N2CCN(C(=O)c3ccc(Cl)cc3Cl)CC2)nc1. The molecular formula is C24H21Cl3N4O3. The van der Waals surface area contributed by atoms with Crippen LogP contribution in [0.5, 0.6) is 5.75 Å². The van der Waals surface area contributed by atoms with E-state index in [-0.39, 0.29) is 18.4 Å². The Hall–Kier alpha value is -3.00. The standard InChI is InChI=1S/C24H21Cl3N4O3/c25-16-1-5-19(6-2-16)34-15-23(32)29-18-4-8-22(28-14-18)30-9-11-31(12-10-30)24(33)20-7-3-17(26)13-21(20)27/h1-8,13-14H,9-12,15H2,(H,29,32). The Kier molecular flexibility index (Phi) is 7.77. The predicted octanol–water partition coefficient (Wildman–Crippen LogP) is 5.02. The second kappa shape index (κ2) is 11.0. The molecule has 10 heteroatoms. The fraction of sp³-hybridized carbons (Fsp3) is 0.208. The normalized spacial score (nSPS) is 13.5. The highest BCUT2D eigenvalue weighted by molar-refractivity contribution is 6.36. The molecule has 0 atom stereocenters. The first-order valence-electron chi connectivity index (χ1n) is 10.5. The number of piperazine rings is 1. The predicted molar refractivity (Wildman–Crippen MR) is 134 cm³/mol. The summed E-state index contributed by atoms with van der Waals surface area (Å²) >= 11 is 17.9. The average Bonchev–Trinajstić information content (AvgIpc) is 2.84. The van der Waals surface area contributed by atoms with Crippen LogP contribution in [0.1, 0.15) is 10.4 Å². The van der Waals surface area contributed by atoms with E-state index in [1.165, 1.54) is 0 Å². The van der Waals surface area contributed by atoms with Crippen LogP contribution in [0.2, 0.25) is 15.1 Å². The minimum Gasteiger partial charge on any atom is -0.484 e. The van der Waals surface area contributed by atoms with Gasteiger partial charge in [-0.25, -0.2) is 4.98 Å². The molecule has 0 radical (unpaired) electrons. The molecule has 1 aliphatic rings. The van der Waals surface area contributed by atoms with Crippen LogP contribution in [0.25, 0.3) is 0 Å². The molecule has 3 aromatic rings. The number of ether oxygens (including phenoxy) is 1. The zero-order valence-electron chi connectivity index (χ0n) is 18.0. The summed E-state index contributed by atoms with van der Waals surface area (Å²) in [6.45, 7) is 2.21. The van der Waals surface area contributed by atoms with E-state index in [2.05, 4.69) is 15.2 Å². The Bertz CT molecular complexity index is 1170. The molecule has 7 nitrogen and oxygen atoms in total. The molecule has 2 heterocycles. The Morgan fingerprint density at radius 3 is 2.26 bits per heavy atom. The maximum Gasteiger partial charge on any atom is 0.262 e. The van der Waals surface area contributed by atoms with Gasteiger partial charge >= 0.3 is 0 Å². The van der Waals surface area contributed by atoms with E-state index in [1.54, 1.807) is 59.6 Å². The number of amides is 2. The van der Waals surface area contributed by atoms with Gasteiger partial charge in [-0.05, 0) is 54.6 Å². The third kappa shape index (κ3) is 6.11. The lowest BCUT2D eigenvalue weighted by Crippen LogP contribution is -2.49. The molecule has 1 saturated heterocycles. The van der Waals surface area contributed by atoms with E-state index in [9.17, 15) is 9.59 Å². The largest absolute Gasteiger partial charge is 0.484 e. The van der Waals surface area contributed by atoms with Crippen molar-refractivity contribution in [2.75, 3.05) is 43.0 Å². The van der Waals surface area contributed by atoms with Crippen LogP contribution in [0.15, 0.2) is 60.8 Å². The molecule has 0 spiro atoms. The van der Waals surface area contributed by atoms with Gasteiger partial charge in [-0.3, -0.25) is 9.59 Å². The summed E-state index contributed by atoms with van der Waals surface area (Å²) in [6.07, 6.45) is 1.60. The summed E-state index contributed by atoms with van der Waals surface area (Å²) < 4.78 is 5.44. The highest BCUT2D eigenvalue weighted by Crippen LogP contribution is 2.24. The molecule has 1 fully saturated rings. The summed E-state index contributed by atoms with van der Waals surface area (Å²) in [6, 6.07) is 15.3. The second-order valence-electron chi connectivity index (χ2n) is 7.60. The van der Waals surface area contributed by atoms with Crippen LogP contribution < -0.4 is 15.0 Å². The number of carbonyl (C=O) groups is 2. The number of rotatable bonds is 6. The molecule has 1 aromatic heterocycles. The average molecular weight is 520 g/mol. The number of carbonyl (C=O) groups excluding carboxylic acids is 2. The molecule has 176 valence electrons. The van der Waals surface area contributed by atoms with Crippen molar-refractivity contribution in [1.29, 1.82) is 0 Å². The van der Waals surface area contributed by atoms with Crippen LogP contribution in [0.3, 0.4) is 0 Å². The van der Waals surface area contributed by atoms with E-state index in [4.69, 9.17) is 39.5 Å². The summed E-state index contributed by atoms with van der Waals surface area (Å²) in [5, 5.41) is 4.19. The van der Waals surface area contributed by atoms with Crippen molar-refractivity contribution in [3.05, 3.63) is 81.4 Å². The third-order valence-electron chi connectivity index (χ3n) is 5.27. The summed E-state index contributed by atoms with van der Waals surface area (Å²) in [5.74, 6) is 0.918. The molecule has 2 aromatic carbocycles. The summed E-state index contributed by atoms with van der Waals surface area (Å²) in [4.78, 5) is 33.2. The van der Waals surface area contributed by atoms with Crippen LogP contribution in [-0.4, -0.2) is 54.5 Å². The van der Waals surface area contributed by atoms with Gasteiger partial charge in [0.2, 0.25) is 0 Å². The molecule has 4 rings (SSSR count). The van der Waals surface area contributed by atoms with Gasteiger partial charge in [-0.2, -0.15) is 0 Å². The number of nitrogens with zero attached hydrogens (tertiary/aromatic N) is 3. The van der Waals surface area contributed by atoms with Crippen LogP contribution in [-0.2, 0) is 4.79 Å². The lowest BCUT2D eigenvalue weighted by Gasteiger charge is -2.35. The summed E-state index contributed by atoms with van der Waals surface area (Å²) in [5.41, 5.74) is 1.01. The minimum absolute atomic E-state index is 0.117. The molecule has 0 aliphatic carbocycles. The number of aromatic nitrogens is 1. The van der Waals surface area contributed by atoms with Crippen molar-refractivity contribution in [2.45, 2.75) is 0 Å². The quantitative estimate of drug-likeness (QED) is 0.495. The number of nitrogens with one attached hydrogen (secondary N) is 1. The van der Waals surface area contributed by atoms with Crippen LogP contribution >= 0.6 is 34.8 Å². The maximum atomic E-state index is 12.8. The van der Waals surface area contributed by atoms with Gasteiger partial charge in [0.25, 0.3) is 11.8 Å². The maximum absolute atomic E-state index is 12.8. The fourth-order valence-electron chi connectivity index (χ4n) is 3.50. The minimum atomic E-state index is -0.294. The molecule has 2 amide bonds. The van der Waals surface area contributed by atoms with Gasteiger partial charge < -0.3 is 19.9 Å². The molecule has 0 unspecified atom stereocenters. The van der Waals surface area contributed by atoms with Gasteiger partial charge in [0, 0.05) is 36.2 Å². The molecular weight excluding hydrogens is 499 g/mol. The first kappa shape index (κ1) is 24.1. The number of benzene rings is 2. The number of hydrogen-bond acceptors (Lipinski definition) is 5. The van der Waals surface area contributed by atoms with E-state index >= 15 is 0 Å². The van der Waals surface area contributed by atoms with Crippen molar-refractivity contribution < 1.29 is 14.3 Å². The first-order chi connectivity index (χ1) is 16.4. The third-order valence-corrected chi connectivity index (χ3v) is 6.07. The van der Waals surface area contributed by atoms with Gasteiger partial charge in [0.1, 0.15) is 11.6 Å². The van der Waals surface area contributed by atoms with E-state index in [0.717, 1.165) is 5.82 Å². The smallest absolute Gasteiger partial charge is 0.262 e. The van der Waals surface area contributed by atoms with E-state index in [0.29, 0.717) is 58.2 Å². The van der Waals surface area contributed by atoms with E-state index in [1.807, 2.05) is 6.07 Å². The lowest BCUT2D eigenvalue weighted by atomic mass is 10.1. The van der Waals surface area contributed by atoms with Gasteiger partial charge in [-0.15, -0.1) is 0 Å².